The molecule has 0 amide bonds. The van der Waals surface area contributed by atoms with Crippen molar-refractivity contribution in [2.45, 2.75) is 17.3 Å². The second-order valence-electron chi connectivity index (χ2n) is 18.0. The molecule has 0 saturated heterocycles. The van der Waals surface area contributed by atoms with Gasteiger partial charge in [0.25, 0.3) is 0 Å². The summed E-state index contributed by atoms with van der Waals surface area (Å²) in [4.78, 5) is 11.0. The SMILES string of the molecule is C=C1C=C(C2=CC3=CC=CCC3C=C2)N=C(c2ccc3ccccc3c2)N=C1c1cccc(C2(c3ccccc3)c3ccccc3C3(c4ccccc4)c4ccccc4-c4cccc2c43)c1. The quantitative estimate of drug-likeness (QED) is 0.159. The largest absolute Gasteiger partial charge is 0.228 e. The molecule has 66 heavy (non-hydrogen) atoms. The zero-order chi connectivity index (χ0) is 43.8. The predicted molar refractivity (Wildman–Crippen MR) is 272 cm³/mol. The summed E-state index contributed by atoms with van der Waals surface area (Å²) in [6.07, 6.45) is 16.6. The number of allylic oxidation sites excluding steroid dienone is 9. The van der Waals surface area contributed by atoms with Crippen molar-refractivity contribution < 1.29 is 0 Å². The Labute approximate surface area is 386 Å². The first-order valence-electron chi connectivity index (χ1n) is 23.0. The van der Waals surface area contributed by atoms with E-state index in [0.29, 0.717) is 11.8 Å². The van der Waals surface area contributed by atoms with E-state index in [1.807, 2.05) is 0 Å². The van der Waals surface area contributed by atoms with Crippen LogP contribution in [0.25, 0.3) is 21.9 Å². The first kappa shape index (κ1) is 38.3. The molecule has 0 fully saturated rings. The highest BCUT2D eigenvalue weighted by Gasteiger charge is 2.57. The van der Waals surface area contributed by atoms with Crippen molar-refractivity contribution in [2.24, 2.45) is 15.9 Å². The van der Waals surface area contributed by atoms with E-state index < -0.39 is 10.8 Å². The molecule has 1 aliphatic heterocycles. The van der Waals surface area contributed by atoms with E-state index in [0.717, 1.165) is 45.5 Å². The lowest BCUT2D eigenvalue weighted by atomic mass is 9.51. The molecule has 4 aliphatic carbocycles. The minimum absolute atomic E-state index is 0.381. The van der Waals surface area contributed by atoms with Crippen LogP contribution in [0.5, 0.6) is 0 Å². The van der Waals surface area contributed by atoms with Gasteiger partial charge in [0, 0.05) is 22.6 Å². The Morgan fingerprint density at radius 2 is 1.15 bits per heavy atom. The van der Waals surface area contributed by atoms with Crippen LogP contribution in [0.4, 0.5) is 0 Å². The minimum atomic E-state index is -0.696. The highest BCUT2D eigenvalue weighted by Crippen LogP contribution is 2.65. The fourth-order valence-corrected chi connectivity index (χ4v) is 11.8. The summed E-state index contributed by atoms with van der Waals surface area (Å²) in [5.41, 5.74) is 18.3. The van der Waals surface area contributed by atoms with E-state index >= 15 is 0 Å². The highest BCUT2D eigenvalue weighted by atomic mass is 14.9. The third-order valence-electron chi connectivity index (χ3n) is 14.6. The number of rotatable bonds is 6. The van der Waals surface area contributed by atoms with Gasteiger partial charge in [0.2, 0.25) is 0 Å². The summed E-state index contributed by atoms with van der Waals surface area (Å²) in [6.45, 7) is 4.76. The average molecular weight is 841 g/mol. The van der Waals surface area contributed by atoms with Crippen LogP contribution in [0.15, 0.2) is 276 Å². The highest BCUT2D eigenvalue weighted by molar-refractivity contribution is 6.22. The van der Waals surface area contributed by atoms with Gasteiger partial charge in [0.15, 0.2) is 5.84 Å². The molecule has 5 aliphatic rings. The molecule has 0 saturated carbocycles. The zero-order valence-corrected chi connectivity index (χ0v) is 36.4. The summed E-state index contributed by atoms with van der Waals surface area (Å²) in [5, 5.41) is 2.33. The molecular formula is C64H44N2. The van der Waals surface area contributed by atoms with Gasteiger partial charge < -0.3 is 0 Å². The third kappa shape index (κ3) is 5.55. The van der Waals surface area contributed by atoms with Gasteiger partial charge >= 0.3 is 0 Å². The van der Waals surface area contributed by atoms with Gasteiger partial charge in [0.05, 0.1) is 22.2 Å². The second kappa shape index (κ2) is 14.9. The van der Waals surface area contributed by atoms with Crippen LogP contribution < -0.4 is 0 Å². The van der Waals surface area contributed by atoms with Gasteiger partial charge in [-0.05, 0) is 108 Å². The molecule has 13 rings (SSSR count). The Bertz CT molecular complexity index is 3570. The summed E-state index contributed by atoms with van der Waals surface area (Å²) in [7, 11) is 0. The van der Waals surface area contributed by atoms with Crippen molar-refractivity contribution in [3.8, 4) is 11.1 Å². The van der Waals surface area contributed by atoms with Crippen LogP contribution in [-0.4, -0.2) is 11.5 Å². The molecule has 1 heterocycles. The van der Waals surface area contributed by atoms with Crippen molar-refractivity contribution >= 4 is 22.3 Å². The Balaban J connectivity index is 1.06. The molecule has 0 radical (unpaired) electrons. The molecule has 2 nitrogen and oxygen atoms in total. The van der Waals surface area contributed by atoms with Crippen molar-refractivity contribution in [2.75, 3.05) is 0 Å². The second-order valence-corrected chi connectivity index (χ2v) is 18.0. The number of nitrogens with zero attached hydrogens (tertiary/aromatic N) is 2. The zero-order valence-electron chi connectivity index (χ0n) is 36.4. The van der Waals surface area contributed by atoms with Gasteiger partial charge in [-0.1, -0.05) is 219 Å². The molecule has 8 aromatic carbocycles. The van der Waals surface area contributed by atoms with E-state index in [9.17, 15) is 0 Å². The maximum Gasteiger partial charge on any atom is 0.160 e. The van der Waals surface area contributed by atoms with Crippen molar-refractivity contribution in [1.29, 1.82) is 0 Å². The molecule has 3 unspecified atom stereocenters. The Morgan fingerprint density at radius 3 is 1.97 bits per heavy atom. The number of fused-ring (bicyclic) bond motifs is 7. The van der Waals surface area contributed by atoms with Gasteiger partial charge in [-0.2, -0.15) is 0 Å². The van der Waals surface area contributed by atoms with Gasteiger partial charge in [-0.3, -0.25) is 0 Å². The molecule has 0 N–H and O–H groups in total. The van der Waals surface area contributed by atoms with Crippen LogP contribution in [-0.2, 0) is 10.8 Å². The van der Waals surface area contributed by atoms with Crippen LogP contribution in [0.3, 0.4) is 0 Å². The topological polar surface area (TPSA) is 24.7 Å². The Hall–Kier alpha value is -8.20. The normalized spacial score (nSPS) is 21.0. The molecule has 0 spiro atoms. The molecule has 0 aromatic heterocycles. The van der Waals surface area contributed by atoms with Crippen LogP contribution >= 0.6 is 0 Å². The van der Waals surface area contributed by atoms with Crippen LogP contribution in [0.1, 0.15) is 62.1 Å². The maximum absolute atomic E-state index is 5.55. The number of hydrogen-bond acceptors (Lipinski definition) is 2. The number of hydrogen-bond donors (Lipinski definition) is 0. The lowest BCUT2D eigenvalue weighted by molar-refractivity contribution is 0.626. The van der Waals surface area contributed by atoms with Gasteiger partial charge in [-0.15, -0.1) is 0 Å². The van der Waals surface area contributed by atoms with Crippen LogP contribution in [0.2, 0.25) is 0 Å². The fourth-order valence-electron chi connectivity index (χ4n) is 11.8. The van der Waals surface area contributed by atoms with Crippen molar-refractivity contribution in [3.63, 3.8) is 0 Å². The molecule has 3 atom stereocenters. The standard InChI is InChI=1S/C64H44N2/c1-42-38-59(47-36-34-43-18-8-10-20-45(43)39-47)65-62(49-37-35-44-19-9-11-21-46(44)40-49)66-61(42)48-22-16-27-52(41-48)63(50-23-4-2-5-24-50)56-31-14-15-32-57(56)64(51-25-6-3-7-26-51)55-30-13-12-28-53(55)54-29-17-33-58(63)60(54)64/h2-17,19-41,43H,1,18H2. The molecule has 2 heteroatoms. The summed E-state index contributed by atoms with van der Waals surface area (Å²) in [5.74, 6) is 1.04. The maximum atomic E-state index is 5.55. The predicted octanol–water partition coefficient (Wildman–Crippen LogP) is 14.6. The van der Waals surface area contributed by atoms with E-state index in [1.165, 1.54) is 66.6 Å². The lowest BCUT2D eigenvalue weighted by Gasteiger charge is -2.49. The van der Waals surface area contributed by atoms with Gasteiger partial charge in [0.1, 0.15) is 0 Å². The number of amidine groups is 1. The van der Waals surface area contributed by atoms with Gasteiger partial charge in [-0.25, -0.2) is 9.98 Å². The monoisotopic (exact) mass is 840 g/mol. The van der Waals surface area contributed by atoms with Crippen molar-refractivity contribution in [3.05, 3.63) is 321 Å². The fraction of sp³-hybridized carbons (Fsp3) is 0.0625. The smallest absolute Gasteiger partial charge is 0.160 e. The van der Waals surface area contributed by atoms with E-state index in [1.54, 1.807) is 0 Å². The van der Waals surface area contributed by atoms with E-state index in [2.05, 4.69) is 237 Å². The summed E-state index contributed by atoms with van der Waals surface area (Å²) >= 11 is 0. The third-order valence-corrected chi connectivity index (χ3v) is 14.6. The summed E-state index contributed by atoms with van der Waals surface area (Å²) < 4.78 is 0. The minimum Gasteiger partial charge on any atom is -0.228 e. The molecular weight excluding hydrogens is 797 g/mol. The van der Waals surface area contributed by atoms with Crippen LogP contribution in [0, 0.1) is 5.92 Å². The van der Waals surface area contributed by atoms with E-state index in [4.69, 9.17) is 16.6 Å². The number of aliphatic imine (C=N–C) groups is 2. The average Bonchev–Trinajstić information content (AvgIpc) is 3.57. The first-order valence-corrected chi connectivity index (χ1v) is 23.0. The summed E-state index contributed by atoms with van der Waals surface area (Å²) in [6, 6.07) is 71.7. The Kier molecular flexibility index (Phi) is 8.66. The molecule has 0 bridgehead atoms. The first-order chi connectivity index (χ1) is 32.6. The lowest BCUT2D eigenvalue weighted by Crippen LogP contribution is -2.44. The van der Waals surface area contributed by atoms with E-state index in [-0.39, 0.29) is 0 Å². The molecule has 8 aromatic rings. The molecule has 310 valence electrons. The number of benzene rings is 8. The Morgan fingerprint density at radius 1 is 0.500 bits per heavy atom. The van der Waals surface area contributed by atoms with Crippen molar-refractivity contribution in [1.82, 2.24) is 0 Å².